The van der Waals surface area contributed by atoms with Crippen molar-refractivity contribution >= 4 is 11.7 Å². The summed E-state index contributed by atoms with van der Waals surface area (Å²) in [6.45, 7) is 3.01. The lowest BCUT2D eigenvalue weighted by atomic mass is 10.1. The largest absolute Gasteiger partial charge is 0.433 e. The van der Waals surface area contributed by atoms with E-state index in [9.17, 15) is 18.0 Å². The predicted octanol–water partition coefficient (Wildman–Crippen LogP) is 2.30. The fourth-order valence-electron chi connectivity index (χ4n) is 3.11. The maximum absolute atomic E-state index is 12.8. The number of nitrogens with zero attached hydrogens (tertiary/aromatic N) is 3. The molecule has 3 heterocycles. The van der Waals surface area contributed by atoms with E-state index in [0.29, 0.717) is 6.54 Å². The molecule has 4 nitrogen and oxygen atoms in total. The molecule has 0 spiro atoms. The van der Waals surface area contributed by atoms with Gasteiger partial charge in [-0.15, -0.1) is 0 Å². The van der Waals surface area contributed by atoms with Crippen molar-refractivity contribution in [1.82, 2.24) is 9.88 Å². The van der Waals surface area contributed by atoms with Crippen molar-refractivity contribution in [2.45, 2.75) is 38.0 Å². The van der Waals surface area contributed by atoms with Crippen LogP contribution in [0.3, 0.4) is 0 Å². The van der Waals surface area contributed by atoms with Crippen LogP contribution in [0.5, 0.6) is 0 Å². The van der Waals surface area contributed by atoms with E-state index in [0.717, 1.165) is 25.5 Å². The Balaban J connectivity index is 1.91. The molecule has 0 bridgehead atoms. The molecule has 0 radical (unpaired) electrons. The van der Waals surface area contributed by atoms with Crippen molar-refractivity contribution in [3.05, 3.63) is 23.9 Å². The number of piperazine rings is 1. The summed E-state index contributed by atoms with van der Waals surface area (Å²) in [5.74, 6) is 0.195. The molecule has 2 aliphatic heterocycles. The molecule has 0 saturated carbocycles. The molecule has 1 aromatic heterocycles. The number of fused-ring (bicyclic) bond motifs is 1. The first-order valence-corrected chi connectivity index (χ1v) is 6.99. The summed E-state index contributed by atoms with van der Waals surface area (Å²) in [7, 11) is 0. The quantitative estimate of drug-likeness (QED) is 0.798. The van der Waals surface area contributed by atoms with Crippen LogP contribution in [0.4, 0.5) is 19.0 Å². The van der Waals surface area contributed by atoms with Gasteiger partial charge < -0.3 is 9.80 Å². The fourth-order valence-corrected chi connectivity index (χ4v) is 3.11. The van der Waals surface area contributed by atoms with E-state index >= 15 is 0 Å². The zero-order chi connectivity index (χ0) is 15.2. The van der Waals surface area contributed by atoms with Crippen LogP contribution in [-0.2, 0) is 11.0 Å². The standard InChI is InChI=1S/C14H16F3N3O/c1-9-13(21)19-7-3-4-10(19)8-20(9)12-6-2-5-11(18-12)14(15,16)17/h2,5-6,9-10H,3-4,7-8H2,1H3/t9-,10-/m1/s1. The van der Waals surface area contributed by atoms with Gasteiger partial charge in [-0.2, -0.15) is 13.2 Å². The van der Waals surface area contributed by atoms with Gasteiger partial charge in [0, 0.05) is 19.1 Å². The SMILES string of the molecule is C[C@@H]1C(=O)N2CCC[C@@H]2CN1c1cccc(C(F)(F)F)n1. The van der Waals surface area contributed by atoms with E-state index in [1.807, 2.05) is 4.90 Å². The molecule has 2 aliphatic rings. The van der Waals surface area contributed by atoms with Crippen LogP contribution in [0.2, 0.25) is 0 Å². The van der Waals surface area contributed by atoms with Gasteiger partial charge in [0.25, 0.3) is 0 Å². The summed E-state index contributed by atoms with van der Waals surface area (Å²) in [6, 6.07) is 3.43. The highest BCUT2D eigenvalue weighted by atomic mass is 19.4. The molecule has 0 aromatic carbocycles. The molecule has 1 aromatic rings. The highest BCUT2D eigenvalue weighted by Crippen LogP contribution is 2.32. The van der Waals surface area contributed by atoms with Gasteiger partial charge in [0.15, 0.2) is 0 Å². The number of halogens is 3. The van der Waals surface area contributed by atoms with Crippen molar-refractivity contribution in [3.8, 4) is 0 Å². The first-order valence-electron chi connectivity index (χ1n) is 6.99. The number of rotatable bonds is 1. The highest BCUT2D eigenvalue weighted by Gasteiger charge is 2.41. The third kappa shape index (κ3) is 2.45. The van der Waals surface area contributed by atoms with E-state index in [2.05, 4.69) is 4.98 Å². The van der Waals surface area contributed by atoms with Gasteiger partial charge in [-0.05, 0) is 31.9 Å². The number of alkyl halides is 3. The van der Waals surface area contributed by atoms with E-state index in [-0.39, 0.29) is 17.8 Å². The number of hydrogen-bond acceptors (Lipinski definition) is 3. The minimum atomic E-state index is -4.47. The van der Waals surface area contributed by atoms with Crippen LogP contribution >= 0.6 is 0 Å². The van der Waals surface area contributed by atoms with E-state index < -0.39 is 17.9 Å². The molecule has 21 heavy (non-hydrogen) atoms. The number of carbonyl (C=O) groups is 1. The summed E-state index contributed by atoms with van der Waals surface area (Å²) in [6.07, 6.45) is -2.63. The molecule has 2 atom stereocenters. The summed E-state index contributed by atoms with van der Waals surface area (Å²) < 4.78 is 38.3. The molecule has 1 amide bonds. The van der Waals surface area contributed by atoms with Crippen molar-refractivity contribution in [2.75, 3.05) is 18.0 Å². The average molecular weight is 299 g/mol. The molecule has 2 saturated heterocycles. The topological polar surface area (TPSA) is 36.4 Å². The number of aromatic nitrogens is 1. The third-order valence-corrected chi connectivity index (χ3v) is 4.21. The molecular weight excluding hydrogens is 283 g/mol. The second kappa shape index (κ2) is 4.89. The van der Waals surface area contributed by atoms with Gasteiger partial charge in [0.1, 0.15) is 17.6 Å². The number of anilines is 1. The van der Waals surface area contributed by atoms with Gasteiger partial charge >= 0.3 is 6.18 Å². The Morgan fingerprint density at radius 2 is 2.05 bits per heavy atom. The minimum absolute atomic E-state index is 0.0250. The highest BCUT2D eigenvalue weighted by molar-refractivity contribution is 5.86. The minimum Gasteiger partial charge on any atom is -0.343 e. The van der Waals surface area contributed by atoms with Gasteiger partial charge in [-0.1, -0.05) is 6.07 Å². The molecule has 0 N–H and O–H groups in total. The Labute approximate surface area is 120 Å². The number of carbonyl (C=O) groups excluding carboxylic acids is 1. The predicted molar refractivity (Wildman–Crippen MR) is 70.8 cm³/mol. The molecule has 0 unspecified atom stereocenters. The smallest absolute Gasteiger partial charge is 0.343 e. The van der Waals surface area contributed by atoms with Crippen molar-refractivity contribution in [2.24, 2.45) is 0 Å². The number of pyridine rings is 1. The van der Waals surface area contributed by atoms with Crippen LogP contribution in [0, 0.1) is 0 Å². The first kappa shape index (κ1) is 14.2. The Kier molecular flexibility index (Phi) is 3.30. The van der Waals surface area contributed by atoms with Crippen LogP contribution in [0.25, 0.3) is 0 Å². The summed E-state index contributed by atoms with van der Waals surface area (Å²) >= 11 is 0. The molecule has 114 valence electrons. The third-order valence-electron chi connectivity index (χ3n) is 4.21. The zero-order valence-electron chi connectivity index (χ0n) is 11.6. The summed E-state index contributed by atoms with van der Waals surface area (Å²) in [4.78, 5) is 19.5. The van der Waals surface area contributed by atoms with Crippen LogP contribution in [-0.4, -0.2) is 41.0 Å². The lowest BCUT2D eigenvalue weighted by molar-refractivity contribution is -0.141. The molecule has 0 aliphatic carbocycles. The maximum atomic E-state index is 12.8. The first-order chi connectivity index (χ1) is 9.88. The Morgan fingerprint density at radius 1 is 1.29 bits per heavy atom. The molecular formula is C14H16F3N3O. The molecule has 2 fully saturated rings. The number of hydrogen-bond donors (Lipinski definition) is 0. The Bertz CT molecular complexity index is 561. The van der Waals surface area contributed by atoms with E-state index in [1.165, 1.54) is 12.1 Å². The summed E-state index contributed by atoms with van der Waals surface area (Å²) in [5.41, 5.74) is -0.923. The van der Waals surface area contributed by atoms with Crippen molar-refractivity contribution < 1.29 is 18.0 Å². The Morgan fingerprint density at radius 3 is 2.76 bits per heavy atom. The lowest BCUT2D eigenvalue weighted by Gasteiger charge is -2.42. The van der Waals surface area contributed by atoms with Crippen molar-refractivity contribution in [3.63, 3.8) is 0 Å². The van der Waals surface area contributed by atoms with Crippen LogP contribution in [0.1, 0.15) is 25.5 Å². The second-order valence-corrected chi connectivity index (χ2v) is 5.53. The van der Waals surface area contributed by atoms with Gasteiger partial charge in [0.2, 0.25) is 5.91 Å². The normalized spacial score (nSPS) is 26.2. The van der Waals surface area contributed by atoms with Crippen molar-refractivity contribution in [1.29, 1.82) is 0 Å². The molecule has 7 heteroatoms. The van der Waals surface area contributed by atoms with Gasteiger partial charge in [-0.3, -0.25) is 4.79 Å². The van der Waals surface area contributed by atoms with Crippen LogP contribution < -0.4 is 4.90 Å². The zero-order valence-corrected chi connectivity index (χ0v) is 11.6. The Hall–Kier alpha value is -1.79. The van der Waals surface area contributed by atoms with Gasteiger partial charge in [0.05, 0.1) is 0 Å². The summed E-state index contributed by atoms with van der Waals surface area (Å²) in [5, 5.41) is 0. The van der Waals surface area contributed by atoms with Gasteiger partial charge in [-0.25, -0.2) is 4.98 Å². The van der Waals surface area contributed by atoms with E-state index in [1.54, 1.807) is 11.8 Å². The second-order valence-electron chi connectivity index (χ2n) is 5.53. The van der Waals surface area contributed by atoms with Crippen LogP contribution in [0.15, 0.2) is 18.2 Å². The average Bonchev–Trinajstić information content (AvgIpc) is 2.90. The number of amides is 1. The van der Waals surface area contributed by atoms with E-state index in [4.69, 9.17) is 0 Å². The molecule has 3 rings (SSSR count). The monoisotopic (exact) mass is 299 g/mol. The fraction of sp³-hybridized carbons (Fsp3) is 0.571. The maximum Gasteiger partial charge on any atom is 0.433 e. The lowest BCUT2D eigenvalue weighted by Crippen LogP contribution is -2.59.